The molecule has 78 valence electrons. The van der Waals surface area contributed by atoms with E-state index >= 15 is 0 Å². The summed E-state index contributed by atoms with van der Waals surface area (Å²) in [5.74, 6) is 0. The van der Waals surface area contributed by atoms with Crippen LogP contribution in [0, 0.1) is 0 Å². The van der Waals surface area contributed by atoms with Gasteiger partial charge < -0.3 is 5.73 Å². The lowest BCUT2D eigenvalue weighted by Gasteiger charge is -2.21. The van der Waals surface area contributed by atoms with Crippen molar-refractivity contribution < 1.29 is 0 Å². The first kappa shape index (κ1) is 10.6. The molecule has 0 aromatic carbocycles. The average Bonchev–Trinajstić information content (AvgIpc) is 2.67. The van der Waals surface area contributed by atoms with E-state index in [1.165, 1.54) is 9.35 Å². The second-order valence-electron chi connectivity index (χ2n) is 3.89. The molecule has 4 heteroatoms. The molecular formula is C10H15BrN2S. The van der Waals surface area contributed by atoms with Gasteiger partial charge >= 0.3 is 0 Å². The maximum atomic E-state index is 5.98. The van der Waals surface area contributed by atoms with Gasteiger partial charge in [-0.25, -0.2) is 0 Å². The number of likely N-dealkylation sites (tertiary alicyclic amines) is 1. The number of nitrogens with two attached hydrogens (primary N) is 1. The van der Waals surface area contributed by atoms with Gasteiger partial charge in [0, 0.05) is 39.9 Å². The van der Waals surface area contributed by atoms with Crippen LogP contribution in [0.15, 0.2) is 15.9 Å². The lowest BCUT2D eigenvalue weighted by atomic mass is 10.2. The third-order valence-corrected chi connectivity index (χ3v) is 4.61. The third kappa shape index (κ3) is 2.19. The van der Waals surface area contributed by atoms with Crippen molar-refractivity contribution in [2.75, 3.05) is 6.54 Å². The summed E-state index contributed by atoms with van der Waals surface area (Å²) in [5.41, 5.74) is 5.98. The summed E-state index contributed by atoms with van der Waals surface area (Å²) in [6, 6.07) is 3.08. The summed E-state index contributed by atoms with van der Waals surface area (Å²) < 4.78 is 1.19. The van der Waals surface area contributed by atoms with E-state index in [9.17, 15) is 0 Å². The summed E-state index contributed by atoms with van der Waals surface area (Å²) in [7, 11) is 0. The molecule has 2 nitrogen and oxygen atoms in total. The summed E-state index contributed by atoms with van der Waals surface area (Å²) in [6.45, 7) is 4.41. The highest BCUT2D eigenvalue weighted by atomic mass is 79.9. The molecule has 1 aliphatic heterocycles. The number of rotatable bonds is 2. The Hall–Kier alpha value is 0.1000. The topological polar surface area (TPSA) is 29.3 Å². The van der Waals surface area contributed by atoms with Gasteiger partial charge in [0.05, 0.1) is 0 Å². The fraction of sp³-hybridized carbons (Fsp3) is 0.600. The Morgan fingerprint density at radius 1 is 1.71 bits per heavy atom. The zero-order valence-electron chi connectivity index (χ0n) is 8.24. The first-order valence-corrected chi connectivity index (χ1v) is 6.56. The van der Waals surface area contributed by atoms with Crippen LogP contribution in [0.5, 0.6) is 0 Å². The SMILES string of the molecule is CC1C(N)CCN1Cc1cc(Br)cs1. The Balaban J connectivity index is 1.98. The van der Waals surface area contributed by atoms with E-state index in [0.717, 1.165) is 19.5 Å². The van der Waals surface area contributed by atoms with Crippen molar-refractivity contribution in [3.63, 3.8) is 0 Å². The molecule has 1 aromatic rings. The Morgan fingerprint density at radius 3 is 3.00 bits per heavy atom. The first-order valence-electron chi connectivity index (χ1n) is 4.89. The fourth-order valence-electron chi connectivity index (χ4n) is 1.89. The minimum absolute atomic E-state index is 0.360. The molecule has 0 spiro atoms. The molecule has 1 aliphatic rings. The molecule has 1 fully saturated rings. The van der Waals surface area contributed by atoms with Crippen LogP contribution in [0.1, 0.15) is 18.2 Å². The normalized spacial score (nSPS) is 28.5. The third-order valence-electron chi connectivity index (χ3n) is 2.93. The predicted molar refractivity (Wildman–Crippen MR) is 64.5 cm³/mol. The van der Waals surface area contributed by atoms with Gasteiger partial charge in [-0.1, -0.05) is 0 Å². The minimum atomic E-state index is 0.360. The second-order valence-corrected chi connectivity index (χ2v) is 5.81. The fourth-order valence-corrected chi connectivity index (χ4v) is 3.37. The molecule has 2 heterocycles. The van der Waals surface area contributed by atoms with Crippen molar-refractivity contribution >= 4 is 27.3 Å². The average molecular weight is 275 g/mol. The van der Waals surface area contributed by atoms with E-state index in [-0.39, 0.29) is 0 Å². The number of hydrogen-bond donors (Lipinski definition) is 1. The Kier molecular flexibility index (Phi) is 3.27. The number of hydrogen-bond acceptors (Lipinski definition) is 3. The Bertz CT molecular complexity index is 313. The Labute approximate surface area is 97.2 Å². The van der Waals surface area contributed by atoms with Gasteiger partial charge in [0.15, 0.2) is 0 Å². The highest BCUT2D eigenvalue weighted by Gasteiger charge is 2.27. The highest BCUT2D eigenvalue weighted by molar-refractivity contribution is 9.10. The molecule has 0 aliphatic carbocycles. The predicted octanol–water partition coefficient (Wildman–Crippen LogP) is 2.43. The van der Waals surface area contributed by atoms with Crippen LogP contribution < -0.4 is 5.73 Å². The monoisotopic (exact) mass is 274 g/mol. The number of nitrogens with zero attached hydrogens (tertiary/aromatic N) is 1. The quantitative estimate of drug-likeness (QED) is 0.898. The number of halogens is 1. The summed E-state index contributed by atoms with van der Waals surface area (Å²) in [5, 5.41) is 2.13. The molecule has 14 heavy (non-hydrogen) atoms. The number of thiophene rings is 1. The molecule has 2 rings (SSSR count). The molecule has 2 atom stereocenters. The molecule has 0 saturated carbocycles. The van der Waals surface area contributed by atoms with E-state index in [4.69, 9.17) is 5.73 Å². The molecule has 1 aromatic heterocycles. The van der Waals surface area contributed by atoms with Gasteiger partial charge in [-0.15, -0.1) is 11.3 Å². The van der Waals surface area contributed by atoms with Crippen molar-refractivity contribution in [3.05, 3.63) is 20.8 Å². The maximum absolute atomic E-state index is 5.98. The zero-order valence-corrected chi connectivity index (χ0v) is 10.6. The first-order chi connectivity index (χ1) is 6.66. The molecule has 2 unspecified atom stereocenters. The van der Waals surface area contributed by atoms with Gasteiger partial charge in [0.2, 0.25) is 0 Å². The van der Waals surface area contributed by atoms with Crippen molar-refractivity contribution in [2.24, 2.45) is 5.73 Å². The zero-order chi connectivity index (χ0) is 10.1. The van der Waals surface area contributed by atoms with Crippen LogP contribution in [-0.4, -0.2) is 23.5 Å². The summed E-state index contributed by atoms with van der Waals surface area (Å²) >= 11 is 5.29. The van der Waals surface area contributed by atoms with E-state index in [1.54, 1.807) is 0 Å². The highest BCUT2D eigenvalue weighted by Crippen LogP contribution is 2.24. The molecule has 0 radical (unpaired) electrons. The van der Waals surface area contributed by atoms with Gasteiger partial charge in [-0.3, -0.25) is 4.90 Å². The second kappa shape index (κ2) is 4.31. The lowest BCUT2D eigenvalue weighted by molar-refractivity contribution is 0.254. The van der Waals surface area contributed by atoms with Crippen LogP contribution in [0.3, 0.4) is 0 Å². The largest absolute Gasteiger partial charge is 0.326 e. The van der Waals surface area contributed by atoms with Crippen LogP contribution >= 0.6 is 27.3 Å². The minimum Gasteiger partial charge on any atom is -0.326 e. The molecule has 1 saturated heterocycles. The van der Waals surface area contributed by atoms with Crippen molar-refractivity contribution in [1.82, 2.24) is 4.90 Å². The standard InChI is InChI=1S/C10H15BrN2S/c1-7-10(12)2-3-13(7)5-9-4-8(11)6-14-9/h4,6-7,10H,2-3,5,12H2,1H3. The van der Waals surface area contributed by atoms with Gasteiger partial charge in [-0.05, 0) is 35.3 Å². The van der Waals surface area contributed by atoms with E-state index in [2.05, 4.69) is 39.2 Å². The van der Waals surface area contributed by atoms with Crippen molar-refractivity contribution in [1.29, 1.82) is 0 Å². The molecule has 0 bridgehead atoms. The van der Waals surface area contributed by atoms with Crippen LogP contribution in [0.25, 0.3) is 0 Å². The Morgan fingerprint density at radius 2 is 2.50 bits per heavy atom. The lowest BCUT2D eigenvalue weighted by Crippen LogP contribution is -2.36. The van der Waals surface area contributed by atoms with E-state index < -0.39 is 0 Å². The van der Waals surface area contributed by atoms with Gasteiger partial charge in [-0.2, -0.15) is 0 Å². The van der Waals surface area contributed by atoms with Gasteiger partial charge in [0.1, 0.15) is 0 Å². The molecular weight excluding hydrogens is 260 g/mol. The smallest absolute Gasteiger partial charge is 0.0331 e. The van der Waals surface area contributed by atoms with Crippen LogP contribution in [0.2, 0.25) is 0 Å². The van der Waals surface area contributed by atoms with Gasteiger partial charge in [0.25, 0.3) is 0 Å². The molecule has 2 N–H and O–H groups in total. The van der Waals surface area contributed by atoms with Crippen LogP contribution in [0.4, 0.5) is 0 Å². The van der Waals surface area contributed by atoms with Crippen molar-refractivity contribution in [2.45, 2.75) is 32.0 Å². The molecule has 0 amide bonds. The summed E-state index contributed by atoms with van der Waals surface area (Å²) in [6.07, 6.45) is 1.13. The van der Waals surface area contributed by atoms with Crippen molar-refractivity contribution in [3.8, 4) is 0 Å². The maximum Gasteiger partial charge on any atom is 0.0331 e. The van der Waals surface area contributed by atoms with Crippen LogP contribution in [-0.2, 0) is 6.54 Å². The van der Waals surface area contributed by atoms with E-state index in [0.29, 0.717) is 12.1 Å². The summed E-state index contributed by atoms with van der Waals surface area (Å²) in [4.78, 5) is 3.88. The van der Waals surface area contributed by atoms with E-state index in [1.807, 2.05) is 11.3 Å².